The van der Waals surface area contributed by atoms with Gasteiger partial charge >= 0.3 is 0 Å². The zero-order valence-electron chi connectivity index (χ0n) is 12.3. The van der Waals surface area contributed by atoms with Crippen molar-refractivity contribution in [2.45, 2.75) is 13.0 Å². The first-order chi connectivity index (χ1) is 10.8. The zero-order valence-corrected chi connectivity index (χ0v) is 13.0. The summed E-state index contributed by atoms with van der Waals surface area (Å²) >= 11 is 5.90. The average Bonchev–Trinajstić information content (AvgIpc) is 3.02. The van der Waals surface area contributed by atoms with Gasteiger partial charge in [0, 0.05) is 10.6 Å². The first-order valence-corrected chi connectivity index (χ1v) is 7.78. The van der Waals surface area contributed by atoms with Crippen LogP contribution in [0, 0.1) is 0 Å². The van der Waals surface area contributed by atoms with Gasteiger partial charge in [0.2, 0.25) is 0 Å². The molecule has 0 aliphatic rings. The standard InChI is InChI=1S/C19H18ClNO/c20-17-8-6-16(7-9-17)19-11-10-18(22-19)14-21-13-12-15-4-2-1-3-5-15/h1-11,21H,12-14H2. The molecule has 1 N–H and O–H groups in total. The summed E-state index contributed by atoms with van der Waals surface area (Å²) in [4.78, 5) is 0. The Morgan fingerprint density at radius 2 is 1.64 bits per heavy atom. The number of rotatable bonds is 6. The second kappa shape index (κ2) is 7.30. The number of furan rings is 1. The lowest BCUT2D eigenvalue weighted by molar-refractivity contribution is 0.495. The van der Waals surface area contributed by atoms with Gasteiger partial charge in [-0.25, -0.2) is 0 Å². The second-order valence-corrected chi connectivity index (χ2v) is 5.62. The van der Waals surface area contributed by atoms with Crippen LogP contribution in [0.4, 0.5) is 0 Å². The van der Waals surface area contributed by atoms with E-state index >= 15 is 0 Å². The lowest BCUT2D eigenvalue weighted by Crippen LogP contribution is -2.16. The minimum absolute atomic E-state index is 0.734. The predicted molar refractivity (Wildman–Crippen MR) is 91.0 cm³/mol. The zero-order chi connectivity index (χ0) is 15.2. The van der Waals surface area contributed by atoms with Crippen molar-refractivity contribution in [1.82, 2.24) is 5.32 Å². The number of benzene rings is 2. The third-order valence-corrected chi connectivity index (χ3v) is 3.77. The van der Waals surface area contributed by atoms with E-state index in [-0.39, 0.29) is 0 Å². The van der Waals surface area contributed by atoms with Crippen molar-refractivity contribution < 1.29 is 4.42 Å². The molecule has 0 fully saturated rings. The largest absolute Gasteiger partial charge is 0.460 e. The molecule has 0 unspecified atom stereocenters. The highest BCUT2D eigenvalue weighted by molar-refractivity contribution is 6.30. The van der Waals surface area contributed by atoms with Gasteiger partial charge in [0.25, 0.3) is 0 Å². The van der Waals surface area contributed by atoms with E-state index < -0.39 is 0 Å². The molecule has 0 amide bonds. The fourth-order valence-electron chi connectivity index (χ4n) is 2.33. The molecular formula is C19H18ClNO. The molecule has 2 nitrogen and oxygen atoms in total. The van der Waals surface area contributed by atoms with E-state index in [1.54, 1.807) is 0 Å². The van der Waals surface area contributed by atoms with Crippen LogP contribution in [0.25, 0.3) is 11.3 Å². The smallest absolute Gasteiger partial charge is 0.134 e. The van der Waals surface area contributed by atoms with Crippen LogP contribution in [0.2, 0.25) is 5.02 Å². The van der Waals surface area contributed by atoms with Gasteiger partial charge in [-0.05, 0) is 54.9 Å². The van der Waals surface area contributed by atoms with Crippen molar-refractivity contribution in [2.75, 3.05) is 6.54 Å². The van der Waals surface area contributed by atoms with Gasteiger partial charge in [0.05, 0.1) is 6.54 Å². The molecule has 2 aromatic carbocycles. The van der Waals surface area contributed by atoms with Crippen LogP contribution in [0.1, 0.15) is 11.3 Å². The topological polar surface area (TPSA) is 25.2 Å². The van der Waals surface area contributed by atoms with Gasteiger partial charge in [-0.15, -0.1) is 0 Å². The molecule has 3 aromatic rings. The Bertz CT molecular complexity index is 704. The Morgan fingerprint density at radius 1 is 0.864 bits per heavy atom. The monoisotopic (exact) mass is 311 g/mol. The van der Waals surface area contributed by atoms with E-state index in [2.05, 4.69) is 29.6 Å². The molecule has 112 valence electrons. The predicted octanol–water partition coefficient (Wildman–Crippen LogP) is 4.93. The molecule has 0 saturated carbocycles. The van der Waals surface area contributed by atoms with Crippen LogP contribution in [0.3, 0.4) is 0 Å². The third kappa shape index (κ3) is 4.00. The summed E-state index contributed by atoms with van der Waals surface area (Å²) in [7, 11) is 0. The molecule has 0 atom stereocenters. The van der Waals surface area contributed by atoms with E-state index in [1.165, 1.54) is 5.56 Å². The molecule has 0 aliphatic heterocycles. The molecule has 1 aromatic heterocycles. The average molecular weight is 312 g/mol. The van der Waals surface area contributed by atoms with Crippen LogP contribution in [0.15, 0.2) is 71.1 Å². The summed E-state index contributed by atoms with van der Waals surface area (Å²) in [5.74, 6) is 1.81. The Morgan fingerprint density at radius 3 is 2.41 bits per heavy atom. The normalized spacial score (nSPS) is 10.8. The molecule has 1 heterocycles. The summed E-state index contributed by atoms with van der Waals surface area (Å²) in [5, 5.41) is 4.14. The third-order valence-electron chi connectivity index (χ3n) is 3.52. The van der Waals surface area contributed by atoms with Crippen LogP contribution >= 0.6 is 11.6 Å². The van der Waals surface area contributed by atoms with Gasteiger partial charge in [0.1, 0.15) is 11.5 Å². The molecule has 22 heavy (non-hydrogen) atoms. The van der Waals surface area contributed by atoms with E-state index in [0.717, 1.165) is 41.6 Å². The van der Waals surface area contributed by atoms with Gasteiger partial charge in [-0.3, -0.25) is 0 Å². The van der Waals surface area contributed by atoms with Crippen LogP contribution in [-0.2, 0) is 13.0 Å². The molecule has 0 saturated heterocycles. The molecular weight excluding hydrogens is 294 g/mol. The molecule has 0 aliphatic carbocycles. The van der Waals surface area contributed by atoms with Crippen molar-refractivity contribution in [2.24, 2.45) is 0 Å². The van der Waals surface area contributed by atoms with E-state index in [9.17, 15) is 0 Å². The number of nitrogens with one attached hydrogen (secondary N) is 1. The van der Waals surface area contributed by atoms with Crippen LogP contribution in [0.5, 0.6) is 0 Å². The van der Waals surface area contributed by atoms with Gasteiger partial charge in [-0.1, -0.05) is 41.9 Å². The number of hydrogen-bond acceptors (Lipinski definition) is 2. The Hall–Kier alpha value is -2.03. The van der Waals surface area contributed by atoms with Crippen molar-refractivity contribution in [3.8, 4) is 11.3 Å². The fraction of sp³-hybridized carbons (Fsp3) is 0.158. The van der Waals surface area contributed by atoms with Crippen molar-refractivity contribution in [3.63, 3.8) is 0 Å². The van der Waals surface area contributed by atoms with Crippen molar-refractivity contribution in [3.05, 3.63) is 83.1 Å². The maximum Gasteiger partial charge on any atom is 0.134 e. The lowest BCUT2D eigenvalue weighted by Gasteiger charge is -2.03. The number of halogens is 1. The quantitative estimate of drug-likeness (QED) is 0.653. The maximum atomic E-state index is 5.90. The molecule has 0 radical (unpaired) electrons. The van der Waals surface area contributed by atoms with Crippen molar-refractivity contribution >= 4 is 11.6 Å². The van der Waals surface area contributed by atoms with Crippen molar-refractivity contribution in [1.29, 1.82) is 0 Å². The molecule has 0 spiro atoms. The summed E-state index contributed by atoms with van der Waals surface area (Å²) in [6.45, 7) is 1.67. The lowest BCUT2D eigenvalue weighted by atomic mass is 10.1. The minimum Gasteiger partial charge on any atom is -0.460 e. The molecule has 0 bridgehead atoms. The summed E-state index contributed by atoms with van der Waals surface area (Å²) in [5.41, 5.74) is 2.39. The molecule has 3 rings (SSSR count). The highest BCUT2D eigenvalue weighted by atomic mass is 35.5. The minimum atomic E-state index is 0.734. The van der Waals surface area contributed by atoms with E-state index in [1.807, 2.05) is 42.5 Å². The van der Waals surface area contributed by atoms with Gasteiger partial charge in [-0.2, -0.15) is 0 Å². The van der Waals surface area contributed by atoms with E-state index in [4.69, 9.17) is 16.0 Å². The van der Waals surface area contributed by atoms with Gasteiger partial charge < -0.3 is 9.73 Å². The Kier molecular flexibility index (Phi) is 4.94. The summed E-state index contributed by atoms with van der Waals surface area (Å²) in [6, 6.07) is 22.2. The first-order valence-electron chi connectivity index (χ1n) is 7.40. The number of hydrogen-bond donors (Lipinski definition) is 1. The van der Waals surface area contributed by atoms with E-state index in [0.29, 0.717) is 0 Å². The Labute approximate surface area is 135 Å². The fourth-order valence-corrected chi connectivity index (χ4v) is 2.46. The molecule has 3 heteroatoms. The summed E-state index contributed by atoms with van der Waals surface area (Å²) in [6.07, 6.45) is 1.02. The van der Waals surface area contributed by atoms with Gasteiger partial charge in [0.15, 0.2) is 0 Å². The second-order valence-electron chi connectivity index (χ2n) is 5.19. The SMILES string of the molecule is Clc1ccc(-c2ccc(CNCCc3ccccc3)o2)cc1. The first kappa shape index (κ1) is 14.9. The van der Waals surface area contributed by atoms with Crippen LogP contribution in [-0.4, -0.2) is 6.54 Å². The Balaban J connectivity index is 1.50. The van der Waals surface area contributed by atoms with Crippen LogP contribution < -0.4 is 5.32 Å². The summed E-state index contributed by atoms with van der Waals surface area (Å²) < 4.78 is 5.86. The highest BCUT2D eigenvalue weighted by Crippen LogP contribution is 2.23. The highest BCUT2D eigenvalue weighted by Gasteiger charge is 2.04. The maximum absolute atomic E-state index is 5.90.